The van der Waals surface area contributed by atoms with Crippen LogP contribution in [0.2, 0.25) is 0 Å². The zero-order chi connectivity index (χ0) is 37.6. The van der Waals surface area contributed by atoms with Gasteiger partial charge in [0, 0.05) is 17.5 Å². The maximum atomic E-state index is 13.9. The molecule has 9 nitrogen and oxygen atoms in total. The predicted molar refractivity (Wildman–Crippen MR) is 215 cm³/mol. The highest BCUT2D eigenvalue weighted by molar-refractivity contribution is 5.81. The number of aliphatic hydroxyl groups excluding tert-OH is 1. The van der Waals surface area contributed by atoms with Gasteiger partial charge in [0.2, 0.25) is 0 Å². The first-order valence-electron chi connectivity index (χ1n) is 18.7. The van der Waals surface area contributed by atoms with Crippen molar-refractivity contribution in [2.75, 3.05) is 0 Å². The molecule has 272 valence electrons. The lowest BCUT2D eigenvalue weighted by Crippen LogP contribution is -2.39. The summed E-state index contributed by atoms with van der Waals surface area (Å²) in [6, 6.07) is 55.0. The van der Waals surface area contributed by atoms with Gasteiger partial charge < -0.3 is 5.11 Å². The van der Waals surface area contributed by atoms with Crippen molar-refractivity contribution in [3.05, 3.63) is 208 Å². The zero-order valence-corrected chi connectivity index (χ0v) is 30.6. The number of rotatable bonds is 13. The Morgan fingerprint density at radius 1 is 0.655 bits per heavy atom. The molecule has 2 aromatic heterocycles. The minimum atomic E-state index is -0.884. The van der Waals surface area contributed by atoms with Gasteiger partial charge in [-0.3, -0.25) is 4.57 Å². The van der Waals surface area contributed by atoms with Crippen LogP contribution in [-0.2, 0) is 25.1 Å². The molecular formula is C46H41N7O2. The van der Waals surface area contributed by atoms with Gasteiger partial charge in [-0.15, -0.1) is 10.2 Å². The van der Waals surface area contributed by atoms with E-state index in [1.807, 2.05) is 59.3 Å². The van der Waals surface area contributed by atoms with Crippen LogP contribution >= 0.6 is 0 Å². The maximum Gasteiger partial charge on any atom is 0.351 e. The number of benzene rings is 6. The smallest absolute Gasteiger partial charge is 0.351 e. The van der Waals surface area contributed by atoms with Crippen molar-refractivity contribution in [1.82, 2.24) is 34.6 Å². The zero-order valence-electron chi connectivity index (χ0n) is 30.6. The fourth-order valence-corrected chi connectivity index (χ4v) is 7.51. The number of aromatic nitrogens is 7. The number of hydrogen-bond acceptors (Lipinski definition) is 6. The number of hydrogen-bond donors (Lipinski definition) is 1. The van der Waals surface area contributed by atoms with Gasteiger partial charge in [0.15, 0.2) is 5.82 Å². The number of aryl methyl sites for hydroxylation is 1. The number of nitrogens with zero attached hydrogens (tertiary/aromatic N) is 7. The lowest BCUT2D eigenvalue weighted by atomic mass is 9.77. The Labute approximate surface area is 319 Å². The molecule has 0 fully saturated rings. The van der Waals surface area contributed by atoms with Gasteiger partial charge in [0.25, 0.3) is 0 Å². The number of unbranched alkanes of at least 4 members (excludes halogenated alkanes) is 1. The molecule has 0 saturated heterocycles. The standard InChI is InChI=1S/C46H41N7O2/c1-2-3-27-43-48-52(42-26-16-13-17-36(42)33-54)45(55)51(43)32-34-28-30-35(31-29-34)40-24-14-15-25-41(40)44-47-49-50-53(44)46(37-18-7-4-8-19-37,38-20-9-5-10-21-38)39-22-11-6-12-23-39/h4-26,28-31,54H,2-3,27,32-33H2,1H3. The summed E-state index contributed by atoms with van der Waals surface area (Å²) < 4.78 is 5.12. The van der Waals surface area contributed by atoms with E-state index >= 15 is 0 Å². The highest BCUT2D eigenvalue weighted by Gasteiger charge is 2.42. The van der Waals surface area contributed by atoms with Crippen LogP contribution in [0, 0.1) is 0 Å². The van der Waals surface area contributed by atoms with Crippen molar-refractivity contribution in [3.8, 4) is 28.2 Å². The van der Waals surface area contributed by atoms with Crippen LogP contribution in [-0.4, -0.2) is 39.7 Å². The van der Waals surface area contributed by atoms with Crippen LogP contribution in [0.25, 0.3) is 28.2 Å². The van der Waals surface area contributed by atoms with Crippen molar-refractivity contribution in [2.24, 2.45) is 0 Å². The monoisotopic (exact) mass is 723 g/mol. The molecule has 0 saturated carbocycles. The molecule has 0 radical (unpaired) electrons. The van der Waals surface area contributed by atoms with Crippen LogP contribution in [0.1, 0.15) is 53.4 Å². The molecule has 6 aromatic carbocycles. The fourth-order valence-electron chi connectivity index (χ4n) is 7.51. The summed E-state index contributed by atoms with van der Waals surface area (Å²) >= 11 is 0. The Bertz CT molecular complexity index is 2460. The van der Waals surface area contributed by atoms with E-state index in [9.17, 15) is 9.90 Å². The van der Waals surface area contributed by atoms with Crippen molar-refractivity contribution in [2.45, 2.75) is 44.9 Å². The summed E-state index contributed by atoms with van der Waals surface area (Å²) in [5.41, 5.74) is 7.03. The second kappa shape index (κ2) is 15.7. The Morgan fingerprint density at radius 3 is 1.82 bits per heavy atom. The maximum absolute atomic E-state index is 13.9. The van der Waals surface area contributed by atoms with E-state index in [0.29, 0.717) is 30.0 Å². The molecule has 0 aliphatic heterocycles. The number of aliphatic hydroxyl groups is 1. The van der Waals surface area contributed by atoms with E-state index in [1.165, 1.54) is 4.68 Å². The SMILES string of the molecule is CCCCc1nn(-c2ccccc2CO)c(=O)n1Cc1ccc(-c2ccccc2-c2nnnn2C(c2ccccc2)(c2ccccc2)c2ccccc2)cc1. The van der Waals surface area contributed by atoms with Crippen molar-refractivity contribution in [3.63, 3.8) is 0 Å². The van der Waals surface area contributed by atoms with Gasteiger partial charge in [-0.05, 0) is 56.3 Å². The first-order chi connectivity index (χ1) is 27.1. The Morgan fingerprint density at radius 2 is 1.22 bits per heavy atom. The Kier molecular flexibility index (Phi) is 10.1. The fraction of sp³-hybridized carbons (Fsp3) is 0.152. The Balaban J connectivity index is 1.20. The second-order valence-corrected chi connectivity index (χ2v) is 13.6. The molecule has 8 aromatic rings. The van der Waals surface area contributed by atoms with Gasteiger partial charge >= 0.3 is 5.69 Å². The van der Waals surface area contributed by atoms with E-state index in [-0.39, 0.29) is 12.3 Å². The molecule has 0 atom stereocenters. The molecule has 9 heteroatoms. The first-order valence-corrected chi connectivity index (χ1v) is 18.7. The summed E-state index contributed by atoms with van der Waals surface area (Å²) in [7, 11) is 0. The topological polar surface area (TPSA) is 104 Å². The lowest BCUT2D eigenvalue weighted by Gasteiger charge is -2.36. The highest BCUT2D eigenvalue weighted by atomic mass is 16.3. The van der Waals surface area contributed by atoms with Crippen LogP contribution in [0.3, 0.4) is 0 Å². The number of para-hydroxylation sites is 1. The third-order valence-electron chi connectivity index (χ3n) is 10.2. The van der Waals surface area contributed by atoms with E-state index in [2.05, 4.69) is 121 Å². The summed E-state index contributed by atoms with van der Waals surface area (Å²) in [5, 5.41) is 28.5. The molecule has 55 heavy (non-hydrogen) atoms. The third kappa shape index (κ3) is 6.59. The van der Waals surface area contributed by atoms with E-state index in [4.69, 9.17) is 15.4 Å². The molecule has 0 unspecified atom stereocenters. The molecule has 0 bridgehead atoms. The minimum Gasteiger partial charge on any atom is -0.392 e. The highest BCUT2D eigenvalue weighted by Crippen LogP contribution is 2.43. The minimum absolute atomic E-state index is 0.180. The van der Waals surface area contributed by atoms with Gasteiger partial charge in [-0.25, -0.2) is 9.48 Å². The molecule has 0 aliphatic carbocycles. The van der Waals surface area contributed by atoms with Crippen molar-refractivity contribution in [1.29, 1.82) is 0 Å². The van der Waals surface area contributed by atoms with Crippen LogP contribution < -0.4 is 5.69 Å². The van der Waals surface area contributed by atoms with E-state index < -0.39 is 5.54 Å². The summed E-state index contributed by atoms with van der Waals surface area (Å²) in [6.45, 7) is 2.31. The molecule has 0 amide bonds. The molecule has 2 heterocycles. The van der Waals surface area contributed by atoms with E-state index in [1.54, 1.807) is 4.57 Å². The van der Waals surface area contributed by atoms with Gasteiger partial charge in [-0.2, -0.15) is 4.68 Å². The molecule has 0 spiro atoms. The lowest BCUT2D eigenvalue weighted by molar-refractivity contribution is 0.281. The predicted octanol–water partition coefficient (Wildman–Crippen LogP) is 8.08. The van der Waals surface area contributed by atoms with E-state index in [0.717, 1.165) is 57.6 Å². The Hall–Kier alpha value is -6.71. The second-order valence-electron chi connectivity index (χ2n) is 13.6. The summed E-state index contributed by atoms with van der Waals surface area (Å²) in [6.07, 6.45) is 2.57. The average molecular weight is 724 g/mol. The van der Waals surface area contributed by atoms with Gasteiger partial charge in [0.1, 0.15) is 11.4 Å². The van der Waals surface area contributed by atoms with Gasteiger partial charge in [-0.1, -0.05) is 171 Å². The van der Waals surface area contributed by atoms with Crippen LogP contribution in [0.5, 0.6) is 0 Å². The summed E-state index contributed by atoms with van der Waals surface area (Å²) in [5.74, 6) is 1.35. The van der Waals surface area contributed by atoms with Crippen molar-refractivity contribution >= 4 is 0 Å². The van der Waals surface area contributed by atoms with Crippen LogP contribution in [0.15, 0.2) is 169 Å². The normalized spacial score (nSPS) is 11.5. The molecule has 1 N–H and O–H groups in total. The number of tetrazole rings is 1. The molecule has 0 aliphatic rings. The summed E-state index contributed by atoms with van der Waals surface area (Å²) in [4.78, 5) is 13.9. The molecule has 8 rings (SSSR count). The van der Waals surface area contributed by atoms with Crippen molar-refractivity contribution < 1.29 is 5.11 Å². The molecular weight excluding hydrogens is 683 g/mol. The van der Waals surface area contributed by atoms with Crippen LogP contribution in [0.4, 0.5) is 0 Å². The quantitative estimate of drug-likeness (QED) is 0.121. The van der Waals surface area contributed by atoms with Gasteiger partial charge in [0.05, 0.1) is 18.8 Å². The average Bonchev–Trinajstić information content (AvgIpc) is 3.86. The first kappa shape index (κ1) is 35.3. The largest absolute Gasteiger partial charge is 0.392 e. The third-order valence-corrected chi connectivity index (χ3v) is 10.2.